The number of rotatable bonds is 14. The summed E-state index contributed by atoms with van der Waals surface area (Å²) in [6.07, 6.45) is 14.9. The summed E-state index contributed by atoms with van der Waals surface area (Å²) >= 11 is 0. The van der Waals surface area contributed by atoms with Crippen LogP contribution in [0.15, 0.2) is 91.0 Å². The van der Waals surface area contributed by atoms with Crippen LogP contribution in [0, 0.1) is 0 Å². The molecule has 0 radical (unpaired) electrons. The number of halogens is 1. The maximum absolute atomic E-state index is 2.34. The predicted octanol–water partition coefficient (Wildman–Crippen LogP) is 6.36. The highest BCUT2D eigenvalue weighted by atomic mass is 127. The molecule has 0 saturated carbocycles. The van der Waals surface area contributed by atoms with Gasteiger partial charge in [-0.25, -0.2) is 0 Å². The van der Waals surface area contributed by atoms with E-state index in [0.29, 0.717) is 0 Å². The van der Waals surface area contributed by atoms with Gasteiger partial charge in [-0.1, -0.05) is 130 Å². The van der Waals surface area contributed by atoms with Gasteiger partial charge < -0.3 is 24.0 Å². The Hall–Kier alpha value is -1.18. The second-order valence-electron chi connectivity index (χ2n) is 9.12. The molecule has 0 aromatic heterocycles. The van der Waals surface area contributed by atoms with E-state index in [2.05, 4.69) is 97.9 Å². The molecule has 0 amide bonds. The van der Waals surface area contributed by atoms with Gasteiger partial charge in [0, 0.05) is 7.26 Å². The van der Waals surface area contributed by atoms with Gasteiger partial charge in [0.2, 0.25) is 0 Å². The molecular weight excluding hydrogens is 518 g/mol. The lowest BCUT2D eigenvalue weighted by Gasteiger charge is -2.29. The standard InChI is InChI=1S/C30H40P.HI/c1-2-3-4-5-6-7-17-24-31(25-28-18-11-8-12-19-28,26-29-20-13-9-14-21-29)27-30-22-15-10-16-23-30;/h8-16,18-23H,2-7,17,24-27H2,1H3;1H/q+1;/p-1. The topological polar surface area (TPSA) is 0 Å². The van der Waals surface area contributed by atoms with Gasteiger partial charge in [-0.3, -0.25) is 0 Å². The monoisotopic (exact) mass is 558 g/mol. The Labute approximate surface area is 214 Å². The number of hydrogen-bond donors (Lipinski definition) is 0. The fraction of sp³-hybridized carbons (Fsp3) is 0.400. The molecule has 0 fully saturated rings. The first-order valence-corrected chi connectivity index (χ1v) is 14.8. The van der Waals surface area contributed by atoms with E-state index in [0.717, 1.165) is 0 Å². The second kappa shape index (κ2) is 15.6. The van der Waals surface area contributed by atoms with Crippen LogP contribution in [0.4, 0.5) is 0 Å². The van der Waals surface area contributed by atoms with Crippen molar-refractivity contribution in [1.82, 2.24) is 0 Å². The average molecular weight is 559 g/mol. The molecule has 0 heterocycles. The van der Waals surface area contributed by atoms with Crippen molar-refractivity contribution in [2.45, 2.75) is 70.4 Å². The minimum Gasteiger partial charge on any atom is -1.00 e. The van der Waals surface area contributed by atoms with Crippen molar-refractivity contribution >= 4 is 7.26 Å². The lowest BCUT2D eigenvalue weighted by Crippen LogP contribution is -3.00. The lowest BCUT2D eigenvalue weighted by atomic mass is 10.1. The molecule has 3 rings (SSSR count). The highest BCUT2D eigenvalue weighted by Crippen LogP contribution is 2.67. The van der Waals surface area contributed by atoms with Gasteiger partial charge in [0.25, 0.3) is 0 Å². The average Bonchev–Trinajstić information content (AvgIpc) is 2.80. The fourth-order valence-corrected chi connectivity index (χ4v) is 9.38. The van der Waals surface area contributed by atoms with Crippen molar-refractivity contribution in [2.75, 3.05) is 6.16 Å². The zero-order valence-electron chi connectivity index (χ0n) is 19.8. The van der Waals surface area contributed by atoms with E-state index in [9.17, 15) is 0 Å². The first kappa shape index (κ1) is 27.1. The van der Waals surface area contributed by atoms with Crippen LogP contribution in [0.25, 0.3) is 0 Å². The summed E-state index contributed by atoms with van der Waals surface area (Å²) < 4.78 is 0. The lowest BCUT2D eigenvalue weighted by molar-refractivity contribution is -0.00000662. The van der Waals surface area contributed by atoms with E-state index in [4.69, 9.17) is 0 Å². The molecule has 172 valence electrons. The molecular formula is C30H40IP. The molecule has 0 atom stereocenters. The molecule has 3 aromatic rings. The molecule has 0 aliphatic carbocycles. The van der Waals surface area contributed by atoms with Crippen LogP contribution in [0.5, 0.6) is 0 Å². The summed E-state index contributed by atoms with van der Waals surface area (Å²) in [5.41, 5.74) is 4.56. The second-order valence-corrected chi connectivity index (χ2v) is 13.2. The van der Waals surface area contributed by atoms with Crippen molar-refractivity contribution in [3.05, 3.63) is 108 Å². The van der Waals surface area contributed by atoms with Crippen LogP contribution in [-0.2, 0) is 18.5 Å². The van der Waals surface area contributed by atoms with Crippen molar-refractivity contribution in [1.29, 1.82) is 0 Å². The molecule has 3 aromatic carbocycles. The third kappa shape index (κ3) is 9.75. The van der Waals surface area contributed by atoms with Crippen LogP contribution < -0.4 is 24.0 Å². The van der Waals surface area contributed by atoms with Crippen LogP contribution in [0.2, 0.25) is 0 Å². The van der Waals surface area contributed by atoms with Gasteiger partial charge in [0.05, 0.1) is 24.6 Å². The molecule has 0 bridgehead atoms. The molecule has 2 heteroatoms. The highest BCUT2D eigenvalue weighted by Gasteiger charge is 2.37. The molecule has 32 heavy (non-hydrogen) atoms. The first-order valence-electron chi connectivity index (χ1n) is 12.3. The van der Waals surface area contributed by atoms with Crippen molar-refractivity contribution in [3.8, 4) is 0 Å². The molecule has 0 aliphatic rings. The predicted molar refractivity (Wildman–Crippen MR) is 140 cm³/mol. The summed E-state index contributed by atoms with van der Waals surface area (Å²) in [4.78, 5) is 0. The van der Waals surface area contributed by atoms with Crippen LogP contribution in [-0.4, -0.2) is 6.16 Å². The normalized spacial score (nSPS) is 11.2. The SMILES string of the molecule is CCCCCCCCC[P+](Cc1ccccc1)(Cc1ccccc1)Cc1ccccc1.[I-]. The minimum absolute atomic E-state index is 0. The number of unbranched alkanes of at least 4 members (excludes halogenated alkanes) is 6. The van der Waals surface area contributed by atoms with Gasteiger partial charge in [-0.2, -0.15) is 0 Å². The Morgan fingerprint density at radius 1 is 0.469 bits per heavy atom. The van der Waals surface area contributed by atoms with Crippen molar-refractivity contribution in [2.24, 2.45) is 0 Å². The summed E-state index contributed by atoms with van der Waals surface area (Å²) in [7, 11) is -1.22. The number of hydrogen-bond acceptors (Lipinski definition) is 0. The van der Waals surface area contributed by atoms with E-state index >= 15 is 0 Å². The molecule has 0 aliphatic heterocycles. The molecule has 0 nitrogen and oxygen atoms in total. The first-order chi connectivity index (χ1) is 15.3. The third-order valence-corrected chi connectivity index (χ3v) is 10.7. The highest BCUT2D eigenvalue weighted by molar-refractivity contribution is 7.73. The van der Waals surface area contributed by atoms with Gasteiger partial charge in [0.15, 0.2) is 0 Å². The molecule has 0 spiro atoms. The minimum atomic E-state index is -1.22. The summed E-state index contributed by atoms with van der Waals surface area (Å²) in [5, 5.41) is 0. The summed E-state index contributed by atoms with van der Waals surface area (Å²) in [5.74, 6) is 0. The third-order valence-electron chi connectivity index (χ3n) is 6.32. The Morgan fingerprint density at radius 3 is 1.19 bits per heavy atom. The molecule has 0 saturated heterocycles. The quantitative estimate of drug-likeness (QED) is 0.123. The Bertz CT molecular complexity index is 731. The van der Waals surface area contributed by atoms with E-state index < -0.39 is 7.26 Å². The maximum atomic E-state index is 2.34. The Morgan fingerprint density at radius 2 is 0.812 bits per heavy atom. The van der Waals surface area contributed by atoms with Crippen LogP contribution >= 0.6 is 7.26 Å². The van der Waals surface area contributed by atoms with Gasteiger partial charge >= 0.3 is 0 Å². The van der Waals surface area contributed by atoms with Crippen LogP contribution in [0.3, 0.4) is 0 Å². The summed E-state index contributed by atoms with van der Waals surface area (Å²) in [6.45, 7) is 2.30. The van der Waals surface area contributed by atoms with Crippen molar-refractivity contribution in [3.63, 3.8) is 0 Å². The largest absolute Gasteiger partial charge is 1.00 e. The maximum Gasteiger partial charge on any atom is 0.0849 e. The van der Waals surface area contributed by atoms with Crippen LogP contribution in [0.1, 0.15) is 68.6 Å². The van der Waals surface area contributed by atoms with E-state index in [1.165, 1.54) is 86.3 Å². The van der Waals surface area contributed by atoms with Gasteiger partial charge in [0.1, 0.15) is 0 Å². The smallest absolute Gasteiger partial charge is 0.0849 e. The summed E-state index contributed by atoms with van der Waals surface area (Å²) in [6, 6.07) is 33.8. The number of benzene rings is 3. The fourth-order valence-electron chi connectivity index (χ4n) is 4.72. The zero-order valence-corrected chi connectivity index (χ0v) is 22.8. The van der Waals surface area contributed by atoms with Gasteiger partial charge in [-0.05, 0) is 29.5 Å². The molecule has 0 N–H and O–H groups in total. The zero-order chi connectivity index (χ0) is 21.6. The van der Waals surface area contributed by atoms with E-state index in [-0.39, 0.29) is 24.0 Å². The molecule has 0 unspecified atom stereocenters. The van der Waals surface area contributed by atoms with Crippen molar-refractivity contribution < 1.29 is 24.0 Å². The Kier molecular flexibility index (Phi) is 13.2. The van der Waals surface area contributed by atoms with E-state index in [1.54, 1.807) is 0 Å². The van der Waals surface area contributed by atoms with Gasteiger partial charge in [-0.15, -0.1) is 0 Å². The Balaban J connectivity index is 0.00000363. The van der Waals surface area contributed by atoms with E-state index in [1.807, 2.05) is 0 Å².